The van der Waals surface area contributed by atoms with Gasteiger partial charge in [-0.1, -0.05) is 0 Å². The van der Waals surface area contributed by atoms with Gasteiger partial charge in [-0.15, -0.1) is 12.4 Å². The van der Waals surface area contributed by atoms with Gasteiger partial charge in [0.25, 0.3) is 0 Å². The zero-order valence-electron chi connectivity index (χ0n) is 7.66. The Balaban J connectivity index is 0.00000144. The molecule has 4 nitrogen and oxygen atoms in total. The molecule has 2 atom stereocenters. The normalized spacial score (nSPS) is 27.5. The van der Waals surface area contributed by atoms with Gasteiger partial charge in [-0.25, -0.2) is 0 Å². The van der Waals surface area contributed by atoms with E-state index in [1.807, 2.05) is 0 Å². The summed E-state index contributed by atoms with van der Waals surface area (Å²) in [5.74, 6) is -0.670. The van der Waals surface area contributed by atoms with Crippen molar-refractivity contribution in [1.82, 2.24) is 5.32 Å². The Morgan fingerprint density at radius 1 is 1.69 bits per heavy atom. The highest BCUT2D eigenvalue weighted by Crippen LogP contribution is 2.12. The Labute approximate surface area is 84.1 Å². The molecule has 0 spiro atoms. The van der Waals surface area contributed by atoms with Crippen LogP contribution in [0.4, 0.5) is 0 Å². The fourth-order valence-electron chi connectivity index (χ4n) is 1.33. The van der Waals surface area contributed by atoms with Crippen LogP contribution in [-0.2, 0) is 9.53 Å². The van der Waals surface area contributed by atoms with E-state index in [-0.39, 0.29) is 24.3 Å². The fourth-order valence-corrected chi connectivity index (χ4v) is 1.33. The number of hydrogen-bond acceptors (Lipinski definition) is 4. The molecule has 1 rings (SSSR count). The quantitative estimate of drug-likeness (QED) is 0.626. The van der Waals surface area contributed by atoms with Crippen LogP contribution in [0.25, 0.3) is 0 Å². The molecule has 0 aromatic carbocycles. The molecule has 2 N–H and O–H groups in total. The smallest absolute Gasteiger partial charge is 0.312 e. The number of nitrogens with one attached hydrogen (secondary N) is 1. The van der Waals surface area contributed by atoms with Gasteiger partial charge in [-0.2, -0.15) is 0 Å². The van der Waals surface area contributed by atoms with Crippen LogP contribution in [0.3, 0.4) is 0 Å². The number of rotatable bonds is 2. The zero-order chi connectivity index (χ0) is 8.97. The maximum Gasteiger partial charge on any atom is 0.312 e. The summed E-state index contributed by atoms with van der Waals surface area (Å²) < 4.78 is 4.81. The van der Waals surface area contributed by atoms with Crippen molar-refractivity contribution < 1.29 is 14.6 Å². The van der Waals surface area contributed by atoms with Crippen LogP contribution in [0.1, 0.15) is 13.3 Å². The largest absolute Gasteiger partial charge is 0.466 e. The molecule has 0 saturated carbocycles. The number of esters is 1. The van der Waals surface area contributed by atoms with Crippen LogP contribution in [0.15, 0.2) is 0 Å². The van der Waals surface area contributed by atoms with E-state index in [2.05, 4.69) is 5.32 Å². The molecule has 78 valence electrons. The Bertz CT molecular complexity index is 165. The fraction of sp³-hybridized carbons (Fsp3) is 0.875. The first kappa shape index (κ1) is 12.7. The lowest BCUT2D eigenvalue weighted by atomic mass is 9.96. The Morgan fingerprint density at radius 2 is 2.38 bits per heavy atom. The van der Waals surface area contributed by atoms with Crippen LogP contribution >= 0.6 is 12.4 Å². The lowest BCUT2D eigenvalue weighted by Gasteiger charge is -2.26. The SMILES string of the molecule is CCOC(=O)C1CNCCC1O.Cl. The predicted molar refractivity (Wildman–Crippen MR) is 50.9 cm³/mol. The lowest BCUT2D eigenvalue weighted by Crippen LogP contribution is -2.44. The van der Waals surface area contributed by atoms with Crippen LogP contribution in [0, 0.1) is 5.92 Å². The lowest BCUT2D eigenvalue weighted by molar-refractivity contribution is -0.152. The number of carbonyl (C=O) groups excluding carboxylic acids is 1. The van der Waals surface area contributed by atoms with Crippen LogP contribution in [0.5, 0.6) is 0 Å². The summed E-state index contributed by atoms with van der Waals surface area (Å²) in [5.41, 5.74) is 0. The maximum absolute atomic E-state index is 11.2. The van der Waals surface area contributed by atoms with Gasteiger partial charge in [0.2, 0.25) is 0 Å². The summed E-state index contributed by atoms with van der Waals surface area (Å²) in [6.07, 6.45) is 0.0917. The Hall–Kier alpha value is -0.320. The maximum atomic E-state index is 11.2. The second-order valence-electron chi connectivity index (χ2n) is 2.92. The van der Waals surface area contributed by atoms with E-state index in [4.69, 9.17) is 4.74 Å². The highest BCUT2D eigenvalue weighted by Gasteiger charge is 2.30. The third-order valence-corrected chi connectivity index (χ3v) is 2.03. The second kappa shape index (κ2) is 6.18. The molecule has 0 aliphatic carbocycles. The summed E-state index contributed by atoms with van der Waals surface area (Å²) in [6, 6.07) is 0. The van der Waals surface area contributed by atoms with Crippen molar-refractivity contribution in [3.63, 3.8) is 0 Å². The van der Waals surface area contributed by atoms with Crippen molar-refractivity contribution in [3.05, 3.63) is 0 Å². The molecular formula is C8H16ClNO3. The number of halogens is 1. The van der Waals surface area contributed by atoms with Crippen molar-refractivity contribution in [3.8, 4) is 0 Å². The summed E-state index contributed by atoms with van der Waals surface area (Å²) in [6.45, 7) is 3.44. The van der Waals surface area contributed by atoms with Crippen LogP contribution < -0.4 is 5.32 Å². The number of ether oxygens (including phenoxy) is 1. The molecule has 1 saturated heterocycles. The minimum Gasteiger partial charge on any atom is -0.466 e. The zero-order valence-corrected chi connectivity index (χ0v) is 8.47. The van der Waals surface area contributed by atoms with Crippen molar-refractivity contribution in [1.29, 1.82) is 0 Å². The van der Waals surface area contributed by atoms with E-state index < -0.39 is 6.10 Å². The van der Waals surface area contributed by atoms with Crippen molar-refractivity contribution in [2.75, 3.05) is 19.7 Å². The number of aliphatic hydroxyl groups is 1. The monoisotopic (exact) mass is 209 g/mol. The molecule has 0 amide bonds. The minimum absolute atomic E-state index is 0. The first-order valence-electron chi connectivity index (χ1n) is 4.31. The second-order valence-corrected chi connectivity index (χ2v) is 2.92. The van der Waals surface area contributed by atoms with E-state index >= 15 is 0 Å². The van der Waals surface area contributed by atoms with E-state index in [1.54, 1.807) is 6.92 Å². The average molecular weight is 210 g/mol. The third-order valence-electron chi connectivity index (χ3n) is 2.03. The molecule has 1 fully saturated rings. The number of piperidine rings is 1. The van der Waals surface area contributed by atoms with Crippen LogP contribution in [0.2, 0.25) is 0 Å². The van der Waals surface area contributed by atoms with Gasteiger partial charge in [0.15, 0.2) is 0 Å². The molecule has 0 aromatic heterocycles. The van der Waals surface area contributed by atoms with Crippen molar-refractivity contribution in [2.45, 2.75) is 19.4 Å². The standard InChI is InChI=1S/C8H15NO3.ClH/c1-2-12-8(11)6-5-9-4-3-7(6)10;/h6-7,9-10H,2-5H2,1H3;1H. The predicted octanol–water partition coefficient (Wildman–Crippen LogP) is -0.0583. The third kappa shape index (κ3) is 3.50. The highest BCUT2D eigenvalue weighted by atomic mass is 35.5. The average Bonchev–Trinajstić information content (AvgIpc) is 2.05. The van der Waals surface area contributed by atoms with E-state index in [9.17, 15) is 9.90 Å². The number of aliphatic hydroxyl groups excluding tert-OH is 1. The molecule has 1 aliphatic heterocycles. The molecule has 5 heteroatoms. The molecule has 0 bridgehead atoms. The Kier molecular flexibility index (Phi) is 6.03. The van der Waals surface area contributed by atoms with Crippen molar-refractivity contribution >= 4 is 18.4 Å². The molecule has 0 aromatic rings. The van der Waals surface area contributed by atoms with Gasteiger partial charge >= 0.3 is 5.97 Å². The van der Waals surface area contributed by atoms with Crippen LogP contribution in [-0.4, -0.2) is 36.9 Å². The van der Waals surface area contributed by atoms with Gasteiger partial charge in [-0.3, -0.25) is 4.79 Å². The van der Waals surface area contributed by atoms with Crippen molar-refractivity contribution in [2.24, 2.45) is 5.92 Å². The van der Waals surface area contributed by atoms with Gasteiger partial charge in [0.1, 0.15) is 0 Å². The van der Waals surface area contributed by atoms with Gasteiger partial charge in [0.05, 0.1) is 18.6 Å². The molecule has 0 radical (unpaired) electrons. The van der Waals surface area contributed by atoms with E-state index in [0.717, 1.165) is 6.54 Å². The van der Waals surface area contributed by atoms with E-state index in [1.165, 1.54) is 0 Å². The first-order valence-corrected chi connectivity index (χ1v) is 4.31. The van der Waals surface area contributed by atoms with Gasteiger partial charge in [0, 0.05) is 6.54 Å². The molecule has 1 heterocycles. The molecular weight excluding hydrogens is 194 g/mol. The topological polar surface area (TPSA) is 58.6 Å². The highest BCUT2D eigenvalue weighted by molar-refractivity contribution is 5.85. The van der Waals surface area contributed by atoms with Gasteiger partial charge < -0.3 is 15.2 Å². The Morgan fingerprint density at radius 3 is 2.92 bits per heavy atom. The first-order chi connectivity index (χ1) is 5.75. The molecule has 2 unspecified atom stereocenters. The minimum atomic E-state index is -0.537. The number of hydrogen-bond donors (Lipinski definition) is 2. The summed E-state index contributed by atoms with van der Waals surface area (Å²) in [7, 11) is 0. The molecule has 13 heavy (non-hydrogen) atoms. The summed E-state index contributed by atoms with van der Waals surface area (Å²) in [5, 5.41) is 12.5. The van der Waals surface area contributed by atoms with E-state index in [0.29, 0.717) is 19.6 Å². The summed E-state index contributed by atoms with van der Waals surface area (Å²) >= 11 is 0. The summed E-state index contributed by atoms with van der Waals surface area (Å²) in [4.78, 5) is 11.2. The number of carbonyl (C=O) groups is 1. The molecule has 1 aliphatic rings. The van der Waals surface area contributed by atoms with Gasteiger partial charge in [-0.05, 0) is 19.9 Å².